The summed E-state index contributed by atoms with van der Waals surface area (Å²) in [6.45, 7) is 3.53. The van der Waals surface area contributed by atoms with Crippen molar-refractivity contribution in [2.75, 3.05) is 38.6 Å². The van der Waals surface area contributed by atoms with Gasteiger partial charge in [-0.25, -0.2) is 4.39 Å². The van der Waals surface area contributed by atoms with Crippen molar-refractivity contribution in [3.63, 3.8) is 0 Å². The van der Waals surface area contributed by atoms with Crippen molar-refractivity contribution in [2.45, 2.75) is 19.8 Å². The van der Waals surface area contributed by atoms with E-state index in [4.69, 9.17) is 4.74 Å². The van der Waals surface area contributed by atoms with E-state index < -0.39 is 5.82 Å². The molecule has 1 aromatic carbocycles. The molecule has 1 saturated heterocycles. The Kier molecular flexibility index (Phi) is 7.37. The summed E-state index contributed by atoms with van der Waals surface area (Å²) in [5.41, 5.74) is 0.405. The first kappa shape index (κ1) is 19.7. The van der Waals surface area contributed by atoms with Gasteiger partial charge in [-0.2, -0.15) is 0 Å². The van der Waals surface area contributed by atoms with Crippen molar-refractivity contribution in [2.24, 2.45) is 10.9 Å². The highest BCUT2D eigenvalue weighted by Crippen LogP contribution is 2.18. The van der Waals surface area contributed by atoms with E-state index in [0.29, 0.717) is 44.2 Å². The summed E-state index contributed by atoms with van der Waals surface area (Å²) in [6, 6.07) is 5.73. The largest absolute Gasteiger partial charge is 0.466 e. The van der Waals surface area contributed by atoms with Gasteiger partial charge in [-0.1, -0.05) is 6.07 Å². The van der Waals surface area contributed by atoms with Crippen LogP contribution in [0.2, 0.25) is 0 Å². The highest BCUT2D eigenvalue weighted by Gasteiger charge is 2.27. The first-order chi connectivity index (χ1) is 12.5. The Morgan fingerprint density at radius 1 is 1.35 bits per heavy atom. The summed E-state index contributed by atoms with van der Waals surface area (Å²) < 4.78 is 18.2. The van der Waals surface area contributed by atoms with Gasteiger partial charge < -0.3 is 20.3 Å². The molecule has 0 unspecified atom stereocenters. The van der Waals surface area contributed by atoms with Gasteiger partial charge in [0.15, 0.2) is 5.96 Å². The second-order valence-electron chi connectivity index (χ2n) is 5.97. The average Bonchev–Trinajstić information content (AvgIpc) is 2.63. The monoisotopic (exact) mass is 364 g/mol. The van der Waals surface area contributed by atoms with Gasteiger partial charge >= 0.3 is 5.97 Å². The number of nitrogens with zero attached hydrogens (tertiary/aromatic N) is 2. The van der Waals surface area contributed by atoms with E-state index in [-0.39, 0.29) is 24.3 Å². The van der Waals surface area contributed by atoms with E-state index in [9.17, 15) is 14.0 Å². The Morgan fingerprint density at radius 3 is 2.69 bits per heavy atom. The van der Waals surface area contributed by atoms with Crippen LogP contribution >= 0.6 is 0 Å². The van der Waals surface area contributed by atoms with Crippen molar-refractivity contribution in [3.05, 3.63) is 30.1 Å². The average molecular weight is 364 g/mol. The van der Waals surface area contributed by atoms with Gasteiger partial charge in [0.1, 0.15) is 5.82 Å². The van der Waals surface area contributed by atoms with Gasteiger partial charge in [-0.05, 0) is 38.0 Å². The van der Waals surface area contributed by atoms with Crippen molar-refractivity contribution in [1.29, 1.82) is 0 Å². The Bertz CT molecular complexity index is 658. The molecule has 1 amide bonds. The van der Waals surface area contributed by atoms with Crippen LogP contribution in [0.1, 0.15) is 19.8 Å². The number of halogens is 1. The first-order valence-corrected chi connectivity index (χ1v) is 8.71. The van der Waals surface area contributed by atoms with E-state index in [1.54, 1.807) is 20.0 Å². The van der Waals surface area contributed by atoms with Crippen LogP contribution in [0.3, 0.4) is 0 Å². The van der Waals surface area contributed by atoms with E-state index >= 15 is 0 Å². The Morgan fingerprint density at radius 2 is 2.08 bits per heavy atom. The third-order valence-corrected chi connectivity index (χ3v) is 4.14. The SMILES string of the molecule is CCOC(=O)C1CCN(C(=NC)NCC(=O)Nc2cccc(F)c2)CC1. The zero-order valence-electron chi connectivity index (χ0n) is 15.1. The lowest BCUT2D eigenvalue weighted by Crippen LogP contribution is -2.48. The number of nitrogens with one attached hydrogen (secondary N) is 2. The van der Waals surface area contributed by atoms with Gasteiger partial charge in [-0.3, -0.25) is 14.6 Å². The Labute approximate surface area is 152 Å². The molecular formula is C18H25FN4O3. The minimum atomic E-state index is -0.406. The van der Waals surface area contributed by atoms with Gasteiger partial charge in [0, 0.05) is 25.8 Å². The van der Waals surface area contributed by atoms with Gasteiger partial charge in [-0.15, -0.1) is 0 Å². The first-order valence-electron chi connectivity index (χ1n) is 8.71. The standard InChI is InChI=1S/C18H25FN4O3/c1-3-26-17(25)13-7-9-23(10-8-13)18(20-2)21-12-16(24)22-15-6-4-5-14(19)11-15/h4-6,11,13H,3,7-10,12H2,1-2H3,(H,20,21)(H,22,24). The zero-order valence-corrected chi connectivity index (χ0v) is 15.1. The lowest BCUT2D eigenvalue weighted by molar-refractivity contribution is -0.149. The molecule has 1 aliphatic heterocycles. The van der Waals surface area contributed by atoms with E-state index in [1.165, 1.54) is 18.2 Å². The molecule has 0 radical (unpaired) electrons. The van der Waals surface area contributed by atoms with Gasteiger partial charge in [0.25, 0.3) is 0 Å². The lowest BCUT2D eigenvalue weighted by Gasteiger charge is -2.33. The van der Waals surface area contributed by atoms with Crippen LogP contribution in [-0.2, 0) is 14.3 Å². The molecule has 1 aromatic rings. The molecule has 2 N–H and O–H groups in total. The lowest BCUT2D eigenvalue weighted by atomic mass is 9.97. The normalized spacial score (nSPS) is 15.5. The van der Waals surface area contributed by atoms with Crippen LogP contribution in [0, 0.1) is 11.7 Å². The molecule has 1 aliphatic rings. The summed E-state index contributed by atoms with van der Waals surface area (Å²) in [7, 11) is 1.64. The summed E-state index contributed by atoms with van der Waals surface area (Å²) in [4.78, 5) is 30.0. The number of aliphatic imine (C=N–C) groups is 1. The molecule has 0 aliphatic carbocycles. The molecule has 0 saturated carbocycles. The van der Waals surface area contributed by atoms with Crippen LogP contribution in [-0.4, -0.2) is 56.0 Å². The third-order valence-electron chi connectivity index (χ3n) is 4.14. The maximum Gasteiger partial charge on any atom is 0.309 e. The minimum Gasteiger partial charge on any atom is -0.466 e. The summed E-state index contributed by atoms with van der Waals surface area (Å²) in [5, 5.41) is 5.62. The fourth-order valence-corrected chi connectivity index (χ4v) is 2.85. The number of hydrogen-bond donors (Lipinski definition) is 2. The molecule has 142 valence electrons. The van der Waals surface area contributed by atoms with Crippen molar-refractivity contribution in [1.82, 2.24) is 10.2 Å². The molecule has 0 atom stereocenters. The highest BCUT2D eigenvalue weighted by molar-refractivity contribution is 5.95. The van der Waals surface area contributed by atoms with E-state index in [2.05, 4.69) is 15.6 Å². The van der Waals surface area contributed by atoms with Crippen molar-refractivity contribution < 1.29 is 18.7 Å². The summed E-state index contributed by atoms with van der Waals surface area (Å²) in [5.74, 6) is -0.332. The molecule has 7 nitrogen and oxygen atoms in total. The Hall–Kier alpha value is -2.64. The number of rotatable bonds is 5. The number of likely N-dealkylation sites (tertiary alicyclic amines) is 1. The topological polar surface area (TPSA) is 83.0 Å². The number of guanidine groups is 1. The van der Waals surface area contributed by atoms with Crippen LogP contribution in [0.25, 0.3) is 0 Å². The zero-order chi connectivity index (χ0) is 18.9. The van der Waals surface area contributed by atoms with E-state index in [1.807, 2.05) is 4.90 Å². The molecule has 2 rings (SSSR count). The minimum absolute atomic E-state index is 0.0149. The quantitative estimate of drug-likeness (QED) is 0.471. The number of esters is 1. The number of carbonyl (C=O) groups excluding carboxylic acids is 2. The maximum absolute atomic E-state index is 13.1. The highest BCUT2D eigenvalue weighted by atomic mass is 19.1. The molecule has 26 heavy (non-hydrogen) atoms. The number of piperidine rings is 1. The maximum atomic E-state index is 13.1. The number of benzene rings is 1. The summed E-state index contributed by atoms with van der Waals surface area (Å²) in [6.07, 6.45) is 1.38. The molecular weight excluding hydrogens is 339 g/mol. The fraction of sp³-hybridized carbons (Fsp3) is 0.500. The van der Waals surface area contributed by atoms with Gasteiger partial charge in [0.2, 0.25) is 5.91 Å². The number of amides is 1. The van der Waals surface area contributed by atoms with Crippen molar-refractivity contribution >= 4 is 23.5 Å². The molecule has 8 heteroatoms. The van der Waals surface area contributed by atoms with E-state index in [0.717, 1.165) is 0 Å². The van der Waals surface area contributed by atoms with Crippen LogP contribution < -0.4 is 10.6 Å². The molecule has 0 aromatic heterocycles. The number of carbonyl (C=O) groups is 2. The second-order valence-corrected chi connectivity index (χ2v) is 5.97. The second kappa shape index (κ2) is 9.74. The van der Waals surface area contributed by atoms with Gasteiger partial charge in [0.05, 0.1) is 19.1 Å². The predicted molar refractivity (Wildman–Crippen MR) is 97.3 cm³/mol. The molecule has 1 fully saturated rings. The molecule has 0 bridgehead atoms. The van der Waals surface area contributed by atoms with Crippen LogP contribution in [0.5, 0.6) is 0 Å². The van der Waals surface area contributed by atoms with Crippen LogP contribution in [0.4, 0.5) is 10.1 Å². The fourth-order valence-electron chi connectivity index (χ4n) is 2.85. The number of ether oxygens (including phenoxy) is 1. The predicted octanol–water partition coefficient (Wildman–Crippen LogP) is 1.61. The molecule has 0 spiro atoms. The number of hydrogen-bond acceptors (Lipinski definition) is 4. The van der Waals surface area contributed by atoms with Crippen LogP contribution in [0.15, 0.2) is 29.3 Å². The molecule has 1 heterocycles. The summed E-state index contributed by atoms with van der Waals surface area (Å²) >= 11 is 0. The number of anilines is 1. The smallest absolute Gasteiger partial charge is 0.309 e. The third kappa shape index (κ3) is 5.72. The van der Waals surface area contributed by atoms with Crippen molar-refractivity contribution in [3.8, 4) is 0 Å². The Balaban J connectivity index is 1.79.